The molecule has 0 atom stereocenters. The topological polar surface area (TPSA) is 34.1 Å². The van der Waals surface area contributed by atoms with Crippen molar-refractivity contribution in [2.45, 2.75) is 51.3 Å². The number of benzene rings is 2. The van der Waals surface area contributed by atoms with Crippen molar-refractivity contribution in [2.75, 3.05) is 0 Å². The van der Waals surface area contributed by atoms with E-state index in [-0.39, 0.29) is 0 Å². The Bertz CT molecular complexity index is 752. The Balaban J connectivity index is 2.75. The van der Waals surface area contributed by atoms with E-state index in [0.717, 1.165) is 33.4 Å². The summed E-state index contributed by atoms with van der Waals surface area (Å²) in [5, 5.41) is 0. The van der Waals surface area contributed by atoms with Gasteiger partial charge in [-0.3, -0.25) is 0 Å². The molecule has 2 aromatic carbocycles. The molecule has 0 aliphatic rings. The standard InChI is InChI=1S/C18H22O2S/c1-11-7-9-17(15(5)13(11)3)21(19,20)18-10-8-12(2)14(4)16(18)6/h7-10H,1-6H3. The van der Waals surface area contributed by atoms with Crippen molar-refractivity contribution in [3.8, 4) is 0 Å². The van der Waals surface area contributed by atoms with Crippen molar-refractivity contribution in [2.24, 2.45) is 0 Å². The number of rotatable bonds is 2. The second-order valence-electron chi connectivity index (χ2n) is 5.76. The van der Waals surface area contributed by atoms with Crippen LogP contribution in [-0.4, -0.2) is 8.42 Å². The van der Waals surface area contributed by atoms with Gasteiger partial charge in [0.15, 0.2) is 0 Å². The first kappa shape index (κ1) is 15.8. The van der Waals surface area contributed by atoms with Gasteiger partial charge in [-0.05, 0) is 87.1 Å². The molecule has 112 valence electrons. The molecule has 0 heterocycles. The molecule has 0 amide bonds. The fourth-order valence-electron chi connectivity index (χ4n) is 2.56. The third-order valence-corrected chi connectivity index (χ3v) is 6.64. The molecule has 0 aliphatic carbocycles. The molecule has 0 N–H and O–H groups in total. The summed E-state index contributed by atoms with van der Waals surface area (Å²) in [5.74, 6) is 0. The zero-order valence-corrected chi connectivity index (χ0v) is 14.4. The van der Waals surface area contributed by atoms with Crippen LogP contribution >= 0.6 is 0 Å². The molecular formula is C18H22O2S. The molecule has 0 unspecified atom stereocenters. The van der Waals surface area contributed by atoms with Gasteiger partial charge in [0.1, 0.15) is 0 Å². The molecule has 0 spiro atoms. The van der Waals surface area contributed by atoms with E-state index in [4.69, 9.17) is 0 Å². The lowest BCUT2D eigenvalue weighted by Gasteiger charge is -2.15. The van der Waals surface area contributed by atoms with E-state index in [1.165, 1.54) is 0 Å². The smallest absolute Gasteiger partial charge is 0.207 e. The zero-order valence-electron chi connectivity index (χ0n) is 13.5. The van der Waals surface area contributed by atoms with Gasteiger partial charge in [-0.15, -0.1) is 0 Å². The normalized spacial score (nSPS) is 11.7. The van der Waals surface area contributed by atoms with Crippen molar-refractivity contribution in [1.82, 2.24) is 0 Å². The van der Waals surface area contributed by atoms with Crippen LogP contribution in [0.5, 0.6) is 0 Å². The number of sulfone groups is 1. The summed E-state index contributed by atoms with van der Waals surface area (Å²) in [6.45, 7) is 11.7. The third kappa shape index (κ3) is 2.51. The predicted octanol–water partition coefficient (Wildman–Crippen LogP) is 4.37. The second-order valence-corrected chi connectivity index (χ2v) is 7.65. The van der Waals surface area contributed by atoms with Gasteiger partial charge < -0.3 is 0 Å². The molecule has 0 aliphatic heterocycles. The first-order valence-electron chi connectivity index (χ1n) is 7.06. The van der Waals surface area contributed by atoms with Crippen molar-refractivity contribution < 1.29 is 8.42 Å². The molecule has 0 bridgehead atoms. The number of hydrogen-bond donors (Lipinski definition) is 0. The van der Waals surface area contributed by atoms with E-state index in [9.17, 15) is 8.42 Å². The van der Waals surface area contributed by atoms with Crippen LogP contribution in [-0.2, 0) is 9.84 Å². The monoisotopic (exact) mass is 302 g/mol. The molecule has 0 radical (unpaired) electrons. The van der Waals surface area contributed by atoms with Gasteiger partial charge in [-0.25, -0.2) is 8.42 Å². The first-order chi connectivity index (χ1) is 9.67. The average Bonchev–Trinajstić information content (AvgIpc) is 2.41. The molecule has 2 rings (SSSR count). The second kappa shape index (κ2) is 5.30. The Morgan fingerprint density at radius 3 is 1.24 bits per heavy atom. The minimum atomic E-state index is -3.48. The Morgan fingerprint density at radius 1 is 0.571 bits per heavy atom. The minimum absolute atomic E-state index is 0.414. The summed E-state index contributed by atoms with van der Waals surface area (Å²) in [5.41, 5.74) is 5.99. The van der Waals surface area contributed by atoms with Crippen LogP contribution < -0.4 is 0 Å². The fourth-order valence-corrected chi connectivity index (χ4v) is 4.41. The predicted molar refractivity (Wildman–Crippen MR) is 86.8 cm³/mol. The molecule has 0 aromatic heterocycles. The van der Waals surface area contributed by atoms with E-state index >= 15 is 0 Å². The van der Waals surface area contributed by atoms with Crippen molar-refractivity contribution in [3.05, 3.63) is 57.6 Å². The lowest BCUT2D eigenvalue weighted by Crippen LogP contribution is -2.08. The SMILES string of the molecule is Cc1ccc(S(=O)(=O)c2ccc(C)c(C)c2C)c(C)c1C. The maximum absolute atomic E-state index is 13.0. The average molecular weight is 302 g/mol. The molecule has 0 fully saturated rings. The van der Waals surface area contributed by atoms with Crippen LogP contribution in [0.1, 0.15) is 33.4 Å². The van der Waals surface area contributed by atoms with Gasteiger partial charge in [-0.1, -0.05) is 12.1 Å². The third-order valence-electron chi connectivity index (χ3n) is 4.60. The van der Waals surface area contributed by atoms with E-state index in [1.54, 1.807) is 12.1 Å². The largest absolute Gasteiger partial charge is 0.218 e. The molecule has 3 heteroatoms. The van der Waals surface area contributed by atoms with E-state index < -0.39 is 9.84 Å². The highest BCUT2D eigenvalue weighted by Crippen LogP contribution is 2.30. The van der Waals surface area contributed by atoms with E-state index in [0.29, 0.717) is 9.79 Å². The Hall–Kier alpha value is -1.61. The van der Waals surface area contributed by atoms with Crippen LogP contribution in [0.3, 0.4) is 0 Å². The van der Waals surface area contributed by atoms with E-state index in [1.807, 2.05) is 53.7 Å². The summed E-state index contributed by atoms with van der Waals surface area (Å²) < 4.78 is 26.0. The van der Waals surface area contributed by atoms with Crippen LogP contribution in [0, 0.1) is 41.5 Å². The van der Waals surface area contributed by atoms with Crippen LogP contribution in [0.2, 0.25) is 0 Å². The Kier molecular flexibility index (Phi) is 3.98. The summed E-state index contributed by atoms with van der Waals surface area (Å²) in [6.07, 6.45) is 0. The zero-order chi connectivity index (χ0) is 15.9. The molecular weight excluding hydrogens is 280 g/mol. The number of hydrogen-bond acceptors (Lipinski definition) is 2. The fraction of sp³-hybridized carbons (Fsp3) is 0.333. The molecule has 0 saturated carbocycles. The maximum atomic E-state index is 13.0. The lowest BCUT2D eigenvalue weighted by atomic mass is 10.0. The summed E-state index contributed by atoms with van der Waals surface area (Å²) >= 11 is 0. The van der Waals surface area contributed by atoms with Crippen LogP contribution in [0.25, 0.3) is 0 Å². The van der Waals surface area contributed by atoms with Crippen molar-refractivity contribution in [3.63, 3.8) is 0 Å². The number of aryl methyl sites for hydroxylation is 2. The highest BCUT2D eigenvalue weighted by molar-refractivity contribution is 7.91. The summed E-state index contributed by atoms with van der Waals surface area (Å²) in [6, 6.07) is 7.21. The van der Waals surface area contributed by atoms with Gasteiger partial charge in [-0.2, -0.15) is 0 Å². The molecule has 0 saturated heterocycles. The van der Waals surface area contributed by atoms with Gasteiger partial charge in [0.05, 0.1) is 9.79 Å². The summed E-state index contributed by atoms with van der Waals surface area (Å²) in [7, 11) is -3.48. The van der Waals surface area contributed by atoms with Crippen LogP contribution in [0.15, 0.2) is 34.1 Å². The highest BCUT2D eigenvalue weighted by atomic mass is 32.2. The Labute approximate surface area is 127 Å². The Morgan fingerprint density at radius 2 is 0.905 bits per heavy atom. The minimum Gasteiger partial charge on any atom is -0.218 e. The molecule has 2 aromatic rings. The van der Waals surface area contributed by atoms with Crippen molar-refractivity contribution in [1.29, 1.82) is 0 Å². The van der Waals surface area contributed by atoms with Gasteiger partial charge in [0, 0.05) is 0 Å². The van der Waals surface area contributed by atoms with Crippen LogP contribution in [0.4, 0.5) is 0 Å². The summed E-state index contributed by atoms with van der Waals surface area (Å²) in [4.78, 5) is 0.828. The van der Waals surface area contributed by atoms with Gasteiger partial charge in [0.2, 0.25) is 9.84 Å². The maximum Gasteiger partial charge on any atom is 0.207 e. The first-order valence-corrected chi connectivity index (χ1v) is 8.55. The molecule has 2 nitrogen and oxygen atoms in total. The lowest BCUT2D eigenvalue weighted by molar-refractivity contribution is 0.594. The quantitative estimate of drug-likeness (QED) is 0.825. The van der Waals surface area contributed by atoms with E-state index in [2.05, 4.69) is 0 Å². The van der Waals surface area contributed by atoms with Gasteiger partial charge in [0.25, 0.3) is 0 Å². The molecule has 21 heavy (non-hydrogen) atoms. The highest BCUT2D eigenvalue weighted by Gasteiger charge is 2.23. The van der Waals surface area contributed by atoms with Crippen molar-refractivity contribution >= 4 is 9.84 Å². The van der Waals surface area contributed by atoms with Gasteiger partial charge >= 0.3 is 0 Å².